The molecule has 48 heavy (non-hydrogen) atoms. The molecule has 0 fully saturated rings. The third-order valence-electron chi connectivity index (χ3n) is 8.54. The van der Waals surface area contributed by atoms with Crippen molar-refractivity contribution in [3.63, 3.8) is 0 Å². The van der Waals surface area contributed by atoms with Crippen LogP contribution in [0.1, 0.15) is 44.0 Å². The second-order valence-electron chi connectivity index (χ2n) is 13.2. The molecule has 0 bridgehead atoms. The highest BCUT2D eigenvalue weighted by Gasteiger charge is 2.25. The first kappa shape index (κ1) is 31.4. The summed E-state index contributed by atoms with van der Waals surface area (Å²) in [6, 6.07) is 19.1. The van der Waals surface area contributed by atoms with Crippen molar-refractivity contribution in [3.05, 3.63) is 126 Å². The number of hydrogen-bond donors (Lipinski definition) is 0. The molecule has 2 aromatic carbocycles. The first-order valence-electron chi connectivity index (χ1n) is 15.8. The summed E-state index contributed by atoms with van der Waals surface area (Å²) >= 11 is 0. The predicted octanol–water partition coefficient (Wildman–Crippen LogP) is 7.97. The fourth-order valence-electron chi connectivity index (χ4n) is 5.88. The summed E-state index contributed by atoms with van der Waals surface area (Å²) in [5, 5.41) is 5.16. The maximum absolute atomic E-state index is 14.0. The summed E-state index contributed by atoms with van der Waals surface area (Å²) < 4.78 is 44.7. The maximum atomic E-state index is 14.0. The van der Waals surface area contributed by atoms with E-state index in [1.54, 1.807) is 53.6 Å². The van der Waals surface area contributed by atoms with Crippen LogP contribution in [-0.4, -0.2) is 44.4 Å². The summed E-state index contributed by atoms with van der Waals surface area (Å²) in [6.45, 7) is 9.50. The van der Waals surface area contributed by atoms with Crippen LogP contribution in [0, 0.1) is 18.2 Å². The molecule has 242 valence electrons. The zero-order chi connectivity index (χ0) is 33.6. The lowest BCUT2D eigenvalue weighted by Gasteiger charge is -2.23. The standard InChI is InChI=1S/C38H35FN6O2S/c1-25-8-11-32(12-9-25)48(46,47)45-24-34(30-21-43-44(23-30)22-26-6-5-7-31(39)16-26)33-17-29(20-42-37(33)45)28-10-13-35(41-19-28)27-14-15-40-36(18-27)38(2,3)4/h5-13,16-21,23-24H,14-15,22H2,1-4H3. The van der Waals surface area contributed by atoms with E-state index >= 15 is 0 Å². The van der Waals surface area contributed by atoms with E-state index in [-0.39, 0.29) is 16.1 Å². The van der Waals surface area contributed by atoms with Gasteiger partial charge >= 0.3 is 0 Å². The van der Waals surface area contributed by atoms with Gasteiger partial charge in [-0.1, -0.05) is 56.7 Å². The Kier molecular flexibility index (Phi) is 7.91. The normalized spacial score (nSPS) is 13.9. The van der Waals surface area contributed by atoms with Crippen molar-refractivity contribution in [2.75, 3.05) is 6.54 Å². The molecule has 0 N–H and O–H groups in total. The van der Waals surface area contributed by atoms with Crippen LogP contribution in [0.3, 0.4) is 0 Å². The molecule has 1 aliphatic rings. The van der Waals surface area contributed by atoms with Crippen molar-refractivity contribution in [1.82, 2.24) is 23.7 Å². The molecular weight excluding hydrogens is 624 g/mol. The van der Waals surface area contributed by atoms with Crippen LogP contribution in [0.5, 0.6) is 0 Å². The Morgan fingerprint density at radius 2 is 1.67 bits per heavy atom. The van der Waals surface area contributed by atoms with Gasteiger partial charge < -0.3 is 0 Å². The van der Waals surface area contributed by atoms with E-state index in [1.165, 1.54) is 16.1 Å². The highest BCUT2D eigenvalue weighted by atomic mass is 32.2. The number of aryl methyl sites for hydroxylation is 1. The summed E-state index contributed by atoms with van der Waals surface area (Å²) in [5.41, 5.74) is 8.16. The molecule has 10 heteroatoms. The van der Waals surface area contributed by atoms with Gasteiger partial charge in [0.15, 0.2) is 5.65 Å². The molecule has 0 amide bonds. The Bertz CT molecular complexity index is 2330. The van der Waals surface area contributed by atoms with Gasteiger partial charge in [-0.05, 0) is 67.0 Å². The van der Waals surface area contributed by atoms with Gasteiger partial charge in [0.05, 0.1) is 23.3 Å². The molecule has 0 unspecified atom stereocenters. The SMILES string of the molecule is Cc1ccc(S(=O)(=O)n2cc(-c3cnn(Cc4cccc(F)c4)c3)c3cc(-c4ccc(C5=CC(C(C)(C)C)=NCC5)nc4)cnc32)cc1. The number of dihydropyridines is 1. The Hall–Kier alpha value is -5.22. The van der Waals surface area contributed by atoms with Gasteiger partial charge in [0, 0.05) is 70.1 Å². The molecule has 0 spiro atoms. The van der Waals surface area contributed by atoms with Crippen molar-refractivity contribution in [3.8, 4) is 22.3 Å². The average molecular weight is 659 g/mol. The van der Waals surface area contributed by atoms with Gasteiger partial charge in [-0.2, -0.15) is 5.10 Å². The Labute approximate surface area is 279 Å². The van der Waals surface area contributed by atoms with Gasteiger partial charge in [-0.25, -0.2) is 21.8 Å². The number of aromatic nitrogens is 5. The van der Waals surface area contributed by atoms with E-state index in [1.807, 2.05) is 43.6 Å². The first-order valence-corrected chi connectivity index (χ1v) is 17.2. The number of fused-ring (bicyclic) bond motifs is 1. The van der Waals surface area contributed by atoms with E-state index in [0.29, 0.717) is 28.7 Å². The number of rotatable bonds is 7. The smallest absolute Gasteiger partial charge is 0.269 e. The third-order valence-corrected chi connectivity index (χ3v) is 10.2. The highest BCUT2D eigenvalue weighted by Crippen LogP contribution is 2.35. The lowest BCUT2D eigenvalue weighted by Crippen LogP contribution is -2.21. The third kappa shape index (κ3) is 6.11. The summed E-state index contributed by atoms with van der Waals surface area (Å²) in [6.07, 6.45) is 11.6. The van der Waals surface area contributed by atoms with E-state index in [4.69, 9.17) is 15.0 Å². The topological polar surface area (TPSA) is 95.0 Å². The molecule has 0 radical (unpaired) electrons. The number of aliphatic imine (C=N–C) groups is 1. The summed E-state index contributed by atoms with van der Waals surface area (Å²) in [4.78, 5) is 14.4. The Balaban J connectivity index is 1.30. The van der Waals surface area contributed by atoms with E-state index in [9.17, 15) is 12.8 Å². The molecule has 5 heterocycles. The lowest BCUT2D eigenvalue weighted by atomic mass is 9.86. The molecule has 7 rings (SSSR count). The van der Waals surface area contributed by atoms with Crippen molar-refractivity contribution in [1.29, 1.82) is 0 Å². The van der Waals surface area contributed by atoms with E-state index < -0.39 is 10.0 Å². The molecule has 0 saturated carbocycles. The molecule has 4 aromatic heterocycles. The zero-order valence-electron chi connectivity index (χ0n) is 27.2. The number of halogens is 1. The number of allylic oxidation sites excluding steroid dienone is 1. The van der Waals surface area contributed by atoms with Gasteiger partial charge in [-0.3, -0.25) is 14.7 Å². The molecule has 0 aliphatic carbocycles. The minimum Gasteiger partial charge on any atom is -0.289 e. The lowest BCUT2D eigenvalue weighted by molar-refractivity contribution is 0.588. The number of hydrogen-bond acceptors (Lipinski definition) is 6. The second kappa shape index (κ2) is 12.1. The summed E-state index contributed by atoms with van der Waals surface area (Å²) in [7, 11) is -3.97. The Morgan fingerprint density at radius 3 is 2.40 bits per heavy atom. The summed E-state index contributed by atoms with van der Waals surface area (Å²) in [5.74, 6) is -0.315. The van der Waals surface area contributed by atoms with Crippen LogP contribution in [0.25, 0.3) is 38.9 Å². The first-order chi connectivity index (χ1) is 23.0. The molecular formula is C38H35FN6O2S. The van der Waals surface area contributed by atoms with Crippen molar-refractivity contribution in [2.45, 2.75) is 45.6 Å². The highest BCUT2D eigenvalue weighted by molar-refractivity contribution is 7.90. The van der Waals surface area contributed by atoms with Crippen LogP contribution in [0.15, 0.2) is 114 Å². The van der Waals surface area contributed by atoms with Gasteiger partial charge in [0.25, 0.3) is 10.0 Å². The maximum Gasteiger partial charge on any atom is 0.269 e. The van der Waals surface area contributed by atoms with Crippen molar-refractivity contribution < 1.29 is 12.8 Å². The number of benzene rings is 2. The van der Waals surface area contributed by atoms with Crippen LogP contribution >= 0.6 is 0 Å². The quantitative estimate of drug-likeness (QED) is 0.173. The minimum atomic E-state index is -3.97. The molecule has 0 saturated heterocycles. The largest absolute Gasteiger partial charge is 0.289 e. The molecule has 6 aromatic rings. The monoisotopic (exact) mass is 658 g/mol. The fourth-order valence-corrected chi connectivity index (χ4v) is 7.20. The van der Waals surface area contributed by atoms with Crippen LogP contribution in [0.4, 0.5) is 4.39 Å². The van der Waals surface area contributed by atoms with Crippen LogP contribution < -0.4 is 0 Å². The van der Waals surface area contributed by atoms with E-state index in [0.717, 1.165) is 52.2 Å². The zero-order valence-corrected chi connectivity index (χ0v) is 28.0. The van der Waals surface area contributed by atoms with Gasteiger partial charge in [-0.15, -0.1) is 0 Å². The van der Waals surface area contributed by atoms with Crippen molar-refractivity contribution in [2.24, 2.45) is 10.4 Å². The predicted molar refractivity (Wildman–Crippen MR) is 188 cm³/mol. The number of pyridine rings is 2. The molecule has 8 nitrogen and oxygen atoms in total. The number of nitrogens with zero attached hydrogens (tertiary/aromatic N) is 6. The van der Waals surface area contributed by atoms with Gasteiger partial charge in [0.2, 0.25) is 0 Å². The Morgan fingerprint density at radius 1 is 0.875 bits per heavy atom. The minimum absolute atomic E-state index is 0.0380. The fraction of sp³-hybridized carbons (Fsp3) is 0.211. The van der Waals surface area contributed by atoms with Crippen molar-refractivity contribution >= 4 is 32.3 Å². The average Bonchev–Trinajstić information content (AvgIpc) is 3.69. The molecule has 0 atom stereocenters. The van der Waals surface area contributed by atoms with E-state index in [2.05, 4.69) is 31.9 Å². The second-order valence-corrected chi connectivity index (χ2v) is 15.0. The van der Waals surface area contributed by atoms with Gasteiger partial charge in [0.1, 0.15) is 5.82 Å². The van der Waals surface area contributed by atoms with Crippen LogP contribution in [0.2, 0.25) is 0 Å². The van der Waals surface area contributed by atoms with Crippen LogP contribution in [-0.2, 0) is 16.6 Å². The molecule has 1 aliphatic heterocycles.